The van der Waals surface area contributed by atoms with Crippen molar-refractivity contribution in [1.29, 1.82) is 0 Å². The van der Waals surface area contributed by atoms with Gasteiger partial charge in [0.2, 0.25) is 0 Å². The molecule has 7 unspecified atom stereocenters. The van der Waals surface area contributed by atoms with Gasteiger partial charge in [0.05, 0.1) is 0 Å². The molecule has 0 amide bonds. The fourth-order valence-corrected chi connectivity index (χ4v) is 1.92. The third kappa shape index (κ3) is 10.1. The van der Waals surface area contributed by atoms with Crippen molar-refractivity contribution in [2.75, 3.05) is 19.8 Å². The largest absolute Gasteiger partial charge is 0.323 e. The number of halogens is 9. The van der Waals surface area contributed by atoms with Crippen LogP contribution in [0.25, 0.3) is 0 Å². The minimum Gasteiger partial charge on any atom is -0.323 e. The zero-order valence-corrected chi connectivity index (χ0v) is 13.7. The van der Waals surface area contributed by atoms with Crippen LogP contribution in [0, 0.1) is 0 Å². The fraction of sp³-hybridized carbons (Fsp3) is 1.00. The molecular weight excluding hydrogens is 397 g/mol. The second-order valence-corrected chi connectivity index (χ2v) is 6.26. The minimum atomic E-state index is -5.12. The molecule has 14 heteroatoms. The van der Waals surface area contributed by atoms with Crippen molar-refractivity contribution in [2.45, 2.75) is 49.6 Å². The number of hydrogen-bond donors (Lipinski definition) is 2. The summed E-state index contributed by atoms with van der Waals surface area (Å²) < 4.78 is 143. The molecule has 0 aromatic carbocycles. The molecule has 0 saturated heterocycles. The standard InChI is InChI=1S/C9H11F9O3S.C2H7N/c10-2(1-22(19,20)21)3(11)4(12)5(13)6(14)7(15)8(16)9(17)18;1-3-2/h2-9H,1H2,(H,19,20,21);3H,1-2H3. The molecular formula is C11H18F9NO3S. The highest BCUT2D eigenvalue weighted by Gasteiger charge is 2.47. The number of nitrogens with one attached hydrogen (secondary N) is 1. The van der Waals surface area contributed by atoms with Crippen molar-refractivity contribution in [2.24, 2.45) is 0 Å². The van der Waals surface area contributed by atoms with Crippen LogP contribution < -0.4 is 5.32 Å². The summed E-state index contributed by atoms with van der Waals surface area (Å²) in [6, 6.07) is 0. The summed E-state index contributed by atoms with van der Waals surface area (Å²) in [5.41, 5.74) is 0. The van der Waals surface area contributed by atoms with E-state index in [0.717, 1.165) is 0 Å². The van der Waals surface area contributed by atoms with Crippen molar-refractivity contribution < 1.29 is 52.5 Å². The summed E-state index contributed by atoms with van der Waals surface area (Å²) in [6.45, 7) is 0. The molecule has 0 aliphatic rings. The molecule has 25 heavy (non-hydrogen) atoms. The lowest BCUT2D eigenvalue weighted by molar-refractivity contribution is -0.0641. The van der Waals surface area contributed by atoms with Crippen molar-refractivity contribution in [3.63, 3.8) is 0 Å². The Morgan fingerprint density at radius 1 is 0.720 bits per heavy atom. The first-order valence-electron chi connectivity index (χ1n) is 6.51. The van der Waals surface area contributed by atoms with Crippen LogP contribution in [0.5, 0.6) is 0 Å². The van der Waals surface area contributed by atoms with Crippen molar-refractivity contribution in [3.8, 4) is 0 Å². The van der Waals surface area contributed by atoms with Crippen LogP contribution in [0.2, 0.25) is 0 Å². The molecule has 0 aromatic heterocycles. The Morgan fingerprint density at radius 3 is 1.28 bits per heavy atom. The Bertz CT molecular complexity index is 456. The zero-order valence-electron chi connectivity index (χ0n) is 12.9. The molecule has 0 saturated carbocycles. The summed E-state index contributed by atoms with van der Waals surface area (Å²) in [5.74, 6) is -2.00. The van der Waals surface area contributed by atoms with Crippen LogP contribution >= 0.6 is 0 Å². The van der Waals surface area contributed by atoms with E-state index in [1.54, 1.807) is 0 Å². The van der Waals surface area contributed by atoms with E-state index in [4.69, 9.17) is 4.55 Å². The van der Waals surface area contributed by atoms with Gasteiger partial charge in [-0.1, -0.05) is 0 Å². The summed E-state index contributed by atoms with van der Waals surface area (Å²) in [4.78, 5) is 0. The van der Waals surface area contributed by atoms with Gasteiger partial charge in [0, 0.05) is 0 Å². The lowest BCUT2D eigenvalue weighted by atomic mass is 10.00. The van der Waals surface area contributed by atoms with Gasteiger partial charge in [-0.3, -0.25) is 4.55 Å². The highest BCUT2D eigenvalue weighted by Crippen LogP contribution is 2.27. The van der Waals surface area contributed by atoms with Gasteiger partial charge in [0.1, 0.15) is 5.75 Å². The predicted octanol–water partition coefficient (Wildman–Crippen LogP) is 2.34. The Hall–Kier alpha value is -0.760. The Kier molecular flexibility index (Phi) is 12.5. The second kappa shape index (κ2) is 11.8. The van der Waals surface area contributed by atoms with E-state index in [1.165, 1.54) is 0 Å². The monoisotopic (exact) mass is 415 g/mol. The van der Waals surface area contributed by atoms with Gasteiger partial charge in [-0.25, -0.2) is 39.5 Å². The molecule has 7 atom stereocenters. The number of hydrogen-bond acceptors (Lipinski definition) is 3. The van der Waals surface area contributed by atoms with Gasteiger partial charge in [0.15, 0.2) is 43.2 Å². The van der Waals surface area contributed by atoms with Crippen LogP contribution in [0.1, 0.15) is 0 Å². The predicted molar refractivity (Wildman–Crippen MR) is 71.7 cm³/mol. The Labute approximate surface area is 138 Å². The average molecular weight is 415 g/mol. The number of alkyl halides is 9. The van der Waals surface area contributed by atoms with Crippen LogP contribution in [0.4, 0.5) is 39.5 Å². The maximum absolute atomic E-state index is 13.1. The molecule has 0 bridgehead atoms. The molecule has 0 aromatic rings. The Morgan fingerprint density at radius 2 is 1.00 bits per heavy atom. The summed E-state index contributed by atoms with van der Waals surface area (Å²) in [6.07, 6.45) is -30.3. The first-order valence-corrected chi connectivity index (χ1v) is 8.12. The van der Waals surface area contributed by atoms with Gasteiger partial charge in [-0.15, -0.1) is 0 Å². The van der Waals surface area contributed by atoms with Crippen molar-refractivity contribution in [3.05, 3.63) is 0 Å². The Balaban J connectivity index is 0. The van der Waals surface area contributed by atoms with Crippen LogP contribution in [-0.2, 0) is 10.1 Å². The second-order valence-electron chi connectivity index (χ2n) is 4.77. The lowest BCUT2D eigenvalue weighted by Crippen LogP contribution is -2.47. The highest BCUT2D eigenvalue weighted by molar-refractivity contribution is 7.85. The smallest absolute Gasteiger partial charge is 0.272 e. The van der Waals surface area contributed by atoms with Gasteiger partial charge < -0.3 is 5.32 Å². The van der Waals surface area contributed by atoms with Crippen LogP contribution in [0.3, 0.4) is 0 Å². The number of rotatable bonds is 9. The summed E-state index contributed by atoms with van der Waals surface area (Å²) >= 11 is 0. The molecule has 154 valence electrons. The van der Waals surface area contributed by atoms with E-state index in [-0.39, 0.29) is 0 Å². The SMILES string of the molecule is CNC.O=S(=O)(O)CC(F)C(F)C(F)C(F)C(F)C(F)C(F)C(F)F. The fourth-order valence-electron chi connectivity index (χ4n) is 1.33. The highest BCUT2D eigenvalue weighted by atomic mass is 32.2. The quantitative estimate of drug-likeness (QED) is 0.448. The van der Waals surface area contributed by atoms with E-state index >= 15 is 0 Å². The third-order valence-corrected chi connectivity index (χ3v) is 3.22. The van der Waals surface area contributed by atoms with Crippen molar-refractivity contribution >= 4 is 10.1 Å². The minimum absolute atomic E-state index is 1.88. The molecule has 0 aliphatic heterocycles. The normalized spacial score (nSPS) is 20.7. The van der Waals surface area contributed by atoms with Crippen LogP contribution in [-0.4, -0.2) is 82.4 Å². The lowest BCUT2D eigenvalue weighted by Gasteiger charge is -2.24. The van der Waals surface area contributed by atoms with E-state index in [9.17, 15) is 47.9 Å². The maximum atomic E-state index is 13.1. The molecule has 2 N–H and O–H groups in total. The van der Waals surface area contributed by atoms with E-state index in [1.807, 2.05) is 14.1 Å². The van der Waals surface area contributed by atoms with E-state index in [0.29, 0.717) is 0 Å². The molecule has 0 radical (unpaired) electrons. The van der Waals surface area contributed by atoms with Gasteiger partial charge >= 0.3 is 0 Å². The molecule has 4 nitrogen and oxygen atoms in total. The van der Waals surface area contributed by atoms with Crippen molar-refractivity contribution in [1.82, 2.24) is 5.32 Å². The van der Waals surface area contributed by atoms with Gasteiger partial charge in [-0.2, -0.15) is 8.42 Å². The molecule has 0 fully saturated rings. The first-order chi connectivity index (χ1) is 11.2. The van der Waals surface area contributed by atoms with Crippen LogP contribution in [0.15, 0.2) is 0 Å². The molecule has 0 spiro atoms. The van der Waals surface area contributed by atoms with E-state index < -0.39 is 65.5 Å². The van der Waals surface area contributed by atoms with E-state index in [2.05, 4.69) is 5.32 Å². The maximum Gasteiger partial charge on any atom is 0.272 e. The molecule has 0 heterocycles. The summed E-state index contributed by atoms with van der Waals surface area (Å²) in [5, 5.41) is 2.75. The molecule has 0 rings (SSSR count). The van der Waals surface area contributed by atoms with Gasteiger partial charge in [-0.05, 0) is 14.1 Å². The molecule has 0 aliphatic carbocycles. The third-order valence-electron chi connectivity index (χ3n) is 2.48. The van der Waals surface area contributed by atoms with Gasteiger partial charge in [0.25, 0.3) is 16.5 Å². The topological polar surface area (TPSA) is 66.4 Å². The first kappa shape index (κ1) is 26.5. The summed E-state index contributed by atoms with van der Waals surface area (Å²) in [7, 11) is -1.37. The zero-order chi connectivity index (χ0) is 20.5. The average Bonchev–Trinajstić information content (AvgIpc) is 2.49.